The molecule has 0 spiro atoms. The van der Waals surface area contributed by atoms with Crippen molar-refractivity contribution in [2.24, 2.45) is 5.73 Å². The minimum Gasteiger partial charge on any atom is -0.326 e. The maximum atomic E-state index is 13.4. The summed E-state index contributed by atoms with van der Waals surface area (Å²) >= 11 is 0. The number of rotatable bonds is 6. The molecule has 0 amide bonds. The van der Waals surface area contributed by atoms with Crippen molar-refractivity contribution >= 4 is 10.0 Å². The van der Waals surface area contributed by atoms with E-state index in [9.17, 15) is 12.8 Å². The Labute approximate surface area is 113 Å². The Morgan fingerprint density at radius 1 is 1.42 bits per heavy atom. The summed E-state index contributed by atoms with van der Waals surface area (Å²) < 4.78 is 40.1. The van der Waals surface area contributed by atoms with Gasteiger partial charge in [-0.1, -0.05) is 13.0 Å². The predicted molar refractivity (Wildman–Crippen MR) is 71.5 cm³/mol. The summed E-state index contributed by atoms with van der Waals surface area (Å²) in [5.41, 5.74) is 6.02. The van der Waals surface area contributed by atoms with Crippen LogP contribution in [0.2, 0.25) is 0 Å². The molecular formula is C13H19FN2O2S. The average Bonchev–Trinajstić information content (AvgIpc) is 3.20. The lowest BCUT2D eigenvalue weighted by Crippen LogP contribution is -2.34. The molecule has 1 aliphatic carbocycles. The smallest absolute Gasteiger partial charge is 0.243 e. The second kappa shape index (κ2) is 5.56. The molecule has 2 rings (SSSR count). The van der Waals surface area contributed by atoms with Crippen molar-refractivity contribution in [3.63, 3.8) is 0 Å². The molecule has 0 heterocycles. The summed E-state index contributed by atoms with van der Waals surface area (Å²) in [4.78, 5) is 0.00958. The number of nitrogens with zero attached hydrogens (tertiary/aromatic N) is 1. The normalized spacial score (nSPS) is 16.0. The fourth-order valence-electron chi connectivity index (χ4n) is 2.15. The standard InChI is InChI=1S/C13H19FN2O2S/c1-2-7-16(12-5-6-12)19(17,18)13-8-11(14)4-3-10(13)9-15/h3-4,8,12H,2,5-7,9,15H2,1H3. The average molecular weight is 286 g/mol. The number of hydrogen-bond acceptors (Lipinski definition) is 3. The largest absolute Gasteiger partial charge is 0.326 e. The lowest BCUT2D eigenvalue weighted by atomic mass is 10.2. The van der Waals surface area contributed by atoms with Gasteiger partial charge in [0, 0.05) is 19.1 Å². The fraction of sp³-hybridized carbons (Fsp3) is 0.538. The molecule has 6 heteroatoms. The third-order valence-electron chi connectivity index (χ3n) is 3.23. The van der Waals surface area contributed by atoms with Crippen LogP contribution in [-0.2, 0) is 16.6 Å². The molecule has 4 nitrogen and oxygen atoms in total. The van der Waals surface area contributed by atoms with E-state index in [1.165, 1.54) is 16.4 Å². The Bertz CT molecular complexity index is 556. The first kappa shape index (κ1) is 14.4. The molecule has 0 unspecified atom stereocenters. The fourth-order valence-corrected chi connectivity index (χ4v) is 4.17. The van der Waals surface area contributed by atoms with Crippen molar-refractivity contribution in [3.05, 3.63) is 29.6 Å². The van der Waals surface area contributed by atoms with Crippen LogP contribution in [0.15, 0.2) is 23.1 Å². The molecule has 1 aromatic rings. The van der Waals surface area contributed by atoms with E-state index >= 15 is 0 Å². The van der Waals surface area contributed by atoms with Crippen LogP contribution in [0.4, 0.5) is 4.39 Å². The van der Waals surface area contributed by atoms with Gasteiger partial charge >= 0.3 is 0 Å². The molecule has 1 fully saturated rings. The van der Waals surface area contributed by atoms with E-state index in [1.54, 1.807) is 0 Å². The quantitative estimate of drug-likeness (QED) is 0.868. The zero-order valence-electron chi connectivity index (χ0n) is 11.0. The van der Waals surface area contributed by atoms with Crippen LogP contribution in [0.5, 0.6) is 0 Å². The van der Waals surface area contributed by atoms with E-state index in [1.807, 2.05) is 6.92 Å². The van der Waals surface area contributed by atoms with E-state index in [4.69, 9.17) is 5.73 Å². The zero-order chi connectivity index (χ0) is 14.0. The molecule has 0 aliphatic heterocycles. The monoisotopic (exact) mass is 286 g/mol. The Morgan fingerprint density at radius 3 is 2.63 bits per heavy atom. The predicted octanol–water partition coefficient (Wildman–Crippen LogP) is 1.85. The van der Waals surface area contributed by atoms with Crippen molar-refractivity contribution in [2.75, 3.05) is 6.54 Å². The Balaban J connectivity index is 2.45. The highest BCUT2D eigenvalue weighted by Crippen LogP contribution is 2.33. The SMILES string of the molecule is CCCN(C1CC1)S(=O)(=O)c1cc(F)ccc1CN. The van der Waals surface area contributed by atoms with Gasteiger partial charge in [-0.2, -0.15) is 4.31 Å². The van der Waals surface area contributed by atoms with Crippen LogP contribution in [0.1, 0.15) is 31.7 Å². The third kappa shape index (κ3) is 2.96. The van der Waals surface area contributed by atoms with Crippen molar-refractivity contribution in [1.29, 1.82) is 0 Å². The third-order valence-corrected chi connectivity index (χ3v) is 5.27. The van der Waals surface area contributed by atoms with E-state index < -0.39 is 15.8 Å². The minimum atomic E-state index is -3.65. The number of hydrogen-bond donors (Lipinski definition) is 1. The van der Waals surface area contributed by atoms with Gasteiger partial charge in [0.1, 0.15) is 5.82 Å². The van der Waals surface area contributed by atoms with Crippen LogP contribution in [0.25, 0.3) is 0 Å². The van der Waals surface area contributed by atoms with Crippen LogP contribution in [0, 0.1) is 5.82 Å². The van der Waals surface area contributed by atoms with Gasteiger partial charge in [-0.05, 0) is 37.0 Å². The van der Waals surface area contributed by atoms with Gasteiger partial charge in [0.2, 0.25) is 10.0 Å². The van der Waals surface area contributed by atoms with Gasteiger partial charge in [-0.25, -0.2) is 12.8 Å². The summed E-state index contributed by atoms with van der Waals surface area (Å²) in [5, 5.41) is 0. The molecule has 1 saturated carbocycles. The van der Waals surface area contributed by atoms with Crippen LogP contribution < -0.4 is 5.73 Å². The lowest BCUT2D eigenvalue weighted by Gasteiger charge is -2.22. The van der Waals surface area contributed by atoms with E-state index in [0.717, 1.165) is 25.3 Å². The zero-order valence-corrected chi connectivity index (χ0v) is 11.8. The van der Waals surface area contributed by atoms with Gasteiger partial charge < -0.3 is 5.73 Å². The first-order chi connectivity index (χ1) is 9.00. The Hall–Kier alpha value is -0.980. The molecule has 1 aromatic carbocycles. The number of benzene rings is 1. The molecule has 0 saturated heterocycles. The molecule has 0 bridgehead atoms. The van der Waals surface area contributed by atoms with Crippen LogP contribution >= 0.6 is 0 Å². The van der Waals surface area contributed by atoms with E-state index in [0.29, 0.717) is 12.1 Å². The number of halogens is 1. The molecule has 0 atom stereocenters. The van der Waals surface area contributed by atoms with Crippen LogP contribution in [-0.4, -0.2) is 25.3 Å². The second-order valence-corrected chi connectivity index (χ2v) is 6.66. The summed E-state index contributed by atoms with van der Waals surface area (Å²) in [6, 6.07) is 3.82. The van der Waals surface area contributed by atoms with Gasteiger partial charge in [-0.3, -0.25) is 0 Å². The highest BCUT2D eigenvalue weighted by Gasteiger charge is 2.38. The maximum Gasteiger partial charge on any atom is 0.243 e. The molecule has 0 radical (unpaired) electrons. The van der Waals surface area contributed by atoms with E-state index in [-0.39, 0.29) is 17.5 Å². The lowest BCUT2D eigenvalue weighted by molar-refractivity contribution is 0.402. The second-order valence-electron chi connectivity index (χ2n) is 4.80. The Kier molecular flexibility index (Phi) is 4.23. The summed E-state index contributed by atoms with van der Waals surface area (Å²) in [6.45, 7) is 2.48. The topological polar surface area (TPSA) is 63.4 Å². The first-order valence-electron chi connectivity index (χ1n) is 6.51. The Morgan fingerprint density at radius 2 is 2.11 bits per heavy atom. The van der Waals surface area contributed by atoms with Gasteiger partial charge in [0.15, 0.2) is 0 Å². The molecule has 1 aliphatic rings. The molecular weight excluding hydrogens is 267 g/mol. The van der Waals surface area contributed by atoms with Gasteiger partial charge in [0.25, 0.3) is 0 Å². The summed E-state index contributed by atoms with van der Waals surface area (Å²) in [5.74, 6) is -0.553. The van der Waals surface area contributed by atoms with Crippen LogP contribution in [0.3, 0.4) is 0 Å². The van der Waals surface area contributed by atoms with E-state index in [2.05, 4.69) is 0 Å². The molecule has 106 valence electrons. The first-order valence-corrected chi connectivity index (χ1v) is 7.95. The minimum absolute atomic E-state index is 0.00958. The summed E-state index contributed by atoms with van der Waals surface area (Å²) in [6.07, 6.45) is 2.50. The summed E-state index contributed by atoms with van der Waals surface area (Å²) in [7, 11) is -3.65. The number of nitrogens with two attached hydrogens (primary N) is 1. The number of sulfonamides is 1. The van der Waals surface area contributed by atoms with Crippen molar-refractivity contribution in [2.45, 2.75) is 43.7 Å². The van der Waals surface area contributed by atoms with Crippen molar-refractivity contribution < 1.29 is 12.8 Å². The van der Waals surface area contributed by atoms with Crippen molar-refractivity contribution in [3.8, 4) is 0 Å². The maximum absolute atomic E-state index is 13.4. The highest BCUT2D eigenvalue weighted by atomic mass is 32.2. The van der Waals surface area contributed by atoms with Gasteiger partial charge in [-0.15, -0.1) is 0 Å². The van der Waals surface area contributed by atoms with Gasteiger partial charge in [0.05, 0.1) is 4.90 Å². The molecule has 0 aromatic heterocycles. The molecule has 2 N–H and O–H groups in total. The van der Waals surface area contributed by atoms with Crippen molar-refractivity contribution in [1.82, 2.24) is 4.31 Å². The molecule has 19 heavy (non-hydrogen) atoms. The highest BCUT2D eigenvalue weighted by molar-refractivity contribution is 7.89.